The van der Waals surface area contributed by atoms with Crippen molar-refractivity contribution in [2.75, 3.05) is 12.9 Å². The van der Waals surface area contributed by atoms with Gasteiger partial charge in [0.1, 0.15) is 10.6 Å². The van der Waals surface area contributed by atoms with E-state index in [1.165, 1.54) is 23.1 Å². The molecular formula is C24H20N2O3S2. The second-order valence-corrected chi connectivity index (χ2v) is 9.23. The lowest BCUT2D eigenvalue weighted by molar-refractivity contribution is 0.101. The van der Waals surface area contributed by atoms with Gasteiger partial charge < -0.3 is 4.74 Å². The molecule has 2 aromatic heterocycles. The Hall–Kier alpha value is -2.90. The number of thioether (sulfide) groups is 1. The summed E-state index contributed by atoms with van der Waals surface area (Å²) in [4.78, 5) is 32.0. The summed E-state index contributed by atoms with van der Waals surface area (Å²) >= 11 is 2.79. The normalized spacial score (nSPS) is 13.5. The monoisotopic (exact) mass is 448 g/mol. The number of hydrogen-bond donors (Lipinski definition) is 0. The first-order valence-electron chi connectivity index (χ1n) is 10.1. The molecule has 0 bridgehead atoms. The van der Waals surface area contributed by atoms with Crippen molar-refractivity contribution in [2.24, 2.45) is 0 Å². The van der Waals surface area contributed by atoms with Gasteiger partial charge in [0.2, 0.25) is 0 Å². The van der Waals surface area contributed by atoms with Crippen LogP contribution in [0.2, 0.25) is 0 Å². The lowest BCUT2D eigenvalue weighted by atomic mass is 10.1. The maximum absolute atomic E-state index is 13.6. The Bertz CT molecular complexity index is 1320. The Kier molecular flexibility index (Phi) is 5.38. The highest BCUT2D eigenvalue weighted by atomic mass is 32.2. The van der Waals surface area contributed by atoms with Crippen LogP contribution in [0.5, 0.6) is 5.75 Å². The summed E-state index contributed by atoms with van der Waals surface area (Å²) in [6.45, 7) is 0. The van der Waals surface area contributed by atoms with Crippen LogP contribution in [0.15, 0.2) is 69.9 Å². The van der Waals surface area contributed by atoms with Gasteiger partial charge in [0.05, 0.1) is 29.5 Å². The van der Waals surface area contributed by atoms with Crippen molar-refractivity contribution in [3.63, 3.8) is 0 Å². The van der Waals surface area contributed by atoms with Gasteiger partial charge in [0, 0.05) is 0 Å². The predicted octanol–water partition coefficient (Wildman–Crippen LogP) is 5.31. The number of ether oxygens (including phenoxy) is 1. The Labute approximate surface area is 187 Å². The minimum atomic E-state index is -0.0683. The number of carbonyl (C=O) groups is 1. The number of rotatable bonds is 7. The predicted molar refractivity (Wildman–Crippen MR) is 125 cm³/mol. The smallest absolute Gasteiger partial charge is 0.267 e. The van der Waals surface area contributed by atoms with E-state index in [0.29, 0.717) is 22.4 Å². The van der Waals surface area contributed by atoms with Gasteiger partial charge in [-0.3, -0.25) is 14.2 Å². The first-order valence-corrected chi connectivity index (χ1v) is 11.9. The summed E-state index contributed by atoms with van der Waals surface area (Å²) in [5.41, 5.74) is 2.33. The van der Waals surface area contributed by atoms with Crippen molar-refractivity contribution in [3.05, 3.63) is 81.5 Å². The van der Waals surface area contributed by atoms with Gasteiger partial charge in [0.15, 0.2) is 10.9 Å². The molecule has 0 aliphatic heterocycles. The van der Waals surface area contributed by atoms with Gasteiger partial charge in [-0.25, -0.2) is 4.98 Å². The molecule has 0 N–H and O–H groups in total. The molecule has 4 aromatic rings. The van der Waals surface area contributed by atoms with Crippen molar-refractivity contribution in [2.45, 2.75) is 23.9 Å². The number of carbonyl (C=O) groups excluding carboxylic acids is 1. The zero-order valence-electron chi connectivity index (χ0n) is 16.9. The Morgan fingerprint density at radius 3 is 2.65 bits per heavy atom. The van der Waals surface area contributed by atoms with Crippen LogP contribution in [0.1, 0.15) is 34.7 Å². The SMILES string of the molecule is COc1ccccc1C(=O)CSc1nc2scc(C3CC3)c2c(=O)n1-c1ccccc1. The summed E-state index contributed by atoms with van der Waals surface area (Å²) in [5.74, 6) is 1.11. The number of Topliss-reactive ketones (excluding diaryl/α,β-unsaturated/α-hetero) is 1. The maximum atomic E-state index is 13.6. The highest BCUT2D eigenvalue weighted by Gasteiger charge is 2.29. The summed E-state index contributed by atoms with van der Waals surface area (Å²) in [7, 11) is 1.55. The van der Waals surface area contributed by atoms with Crippen LogP contribution in [-0.4, -0.2) is 28.2 Å². The highest BCUT2D eigenvalue weighted by Crippen LogP contribution is 2.44. The van der Waals surface area contributed by atoms with Crippen molar-refractivity contribution in [1.29, 1.82) is 0 Å². The number of hydrogen-bond acceptors (Lipinski definition) is 6. The average molecular weight is 449 g/mol. The van der Waals surface area contributed by atoms with Crippen LogP contribution < -0.4 is 10.3 Å². The number of para-hydroxylation sites is 2. The van der Waals surface area contributed by atoms with E-state index >= 15 is 0 Å². The first-order chi connectivity index (χ1) is 15.2. The largest absolute Gasteiger partial charge is 0.496 e. The summed E-state index contributed by atoms with van der Waals surface area (Å²) in [6.07, 6.45) is 2.25. The standard InChI is InChI=1S/C24H20N2O3S2/c1-29-20-10-6-5-9-17(20)19(27)14-31-24-25-22-21(18(13-30-22)15-11-12-15)23(28)26(24)16-7-3-2-4-8-16/h2-10,13,15H,11-12,14H2,1H3. The minimum absolute atomic E-state index is 0.0633. The van der Waals surface area contributed by atoms with Gasteiger partial charge in [0.25, 0.3) is 5.56 Å². The van der Waals surface area contributed by atoms with E-state index < -0.39 is 0 Å². The molecule has 5 nitrogen and oxygen atoms in total. The molecule has 0 amide bonds. The summed E-state index contributed by atoms with van der Waals surface area (Å²) in [6, 6.07) is 16.7. The van der Waals surface area contributed by atoms with Crippen molar-refractivity contribution >= 4 is 39.1 Å². The van der Waals surface area contributed by atoms with Crippen molar-refractivity contribution in [3.8, 4) is 11.4 Å². The molecule has 7 heteroatoms. The minimum Gasteiger partial charge on any atom is -0.496 e. The van der Waals surface area contributed by atoms with Crippen LogP contribution in [0, 0.1) is 0 Å². The summed E-state index contributed by atoms with van der Waals surface area (Å²) in [5, 5.41) is 3.31. The molecule has 31 heavy (non-hydrogen) atoms. The molecule has 2 aromatic carbocycles. The topological polar surface area (TPSA) is 61.2 Å². The van der Waals surface area contributed by atoms with Crippen LogP contribution in [0.25, 0.3) is 15.9 Å². The van der Waals surface area contributed by atoms with Gasteiger partial charge in [-0.05, 0) is 54.0 Å². The second-order valence-electron chi connectivity index (χ2n) is 7.43. The van der Waals surface area contributed by atoms with E-state index in [2.05, 4.69) is 5.38 Å². The van der Waals surface area contributed by atoms with Crippen LogP contribution in [0.3, 0.4) is 0 Å². The summed E-state index contributed by atoms with van der Waals surface area (Å²) < 4.78 is 6.96. The van der Waals surface area contributed by atoms with Gasteiger partial charge >= 0.3 is 0 Å². The van der Waals surface area contributed by atoms with E-state index in [-0.39, 0.29) is 17.1 Å². The molecule has 0 spiro atoms. The molecule has 1 aliphatic carbocycles. The molecule has 156 valence electrons. The lowest BCUT2D eigenvalue weighted by Gasteiger charge is -2.13. The molecule has 0 atom stereocenters. The van der Waals surface area contributed by atoms with Gasteiger partial charge in [-0.15, -0.1) is 11.3 Å². The molecule has 5 rings (SSSR count). The number of aromatic nitrogens is 2. The van der Waals surface area contributed by atoms with Gasteiger partial charge in [-0.1, -0.05) is 42.1 Å². The van der Waals surface area contributed by atoms with E-state index in [9.17, 15) is 9.59 Å². The van der Waals surface area contributed by atoms with E-state index in [1.54, 1.807) is 23.8 Å². The third kappa shape index (κ3) is 3.79. The molecule has 1 saturated carbocycles. The molecule has 0 saturated heterocycles. The van der Waals surface area contributed by atoms with Crippen LogP contribution >= 0.6 is 23.1 Å². The maximum Gasteiger partial charge on any atom is 0.267 e. The van der Waals surface area contributed by atoms with Crippen LogP contribution in [-0.2, 0) is 0 Å². The fourth-order valence-electron chi connectivity index (χ4n) is 3.67. The number of ketones is 1. The number of methoxy groups -OCH3 is 1. The Morgan fingerprint density at radius 1 is 1.16 bits per heavy atom. The average Bonchev–Trinajstić information content (AvgIpc) is 3.57. The third-order valence-electron chi connectivity index (χ3n) is 5.38. The molecule has 1 fully saturated rings. The van der Waals surface area contributed by atoms with Crippen molar-refractivity contribution in [1.82, 2.24) is 9.55 Å². The van der Waals surface area contributed by atoms with Crippen LogP contribution in [0.4, 0.5) is 0 Å². The molecule has 1 aliphatic rings. The fourth-order valence-corrected chi connectivity index (χ4v) is 5.63. The second kappa shape index (κ2) is 8.32. The lowest BCUT2D eigenvalue weighted by Crippen LogP contribution is -2.22. The fraction of sp³-hybridized carbons (Fsp3) is 0.208. The molecular weight excluding hydrogens is 428 g/mol. The number of thiophene rings is 1. The number of fused-ring (bicyclic) bond motifs is 1. The third-order valence-corrected chi connectivity index (χ3v) is 7.21. The zero-order chi connectivity index (χ0) is 21.4. The number of benzene rings is 2. The van der Waals surface area contributed by atoms with E-state index in [0.717, 1.165) is 34.3 Å². The first kappa shape index (κ1) is 20.0. The van der Waals surface area contributed by atoms with E-state index in [4.69, 9.17) is 9.72 Å². The molecule has 0 radical (unpaired) electrons. The zero-order valence-corrected chi connectivity index (χ0v) is 18.5. The van der Waals surface area contributed by atoms with Gasteiger partial charge in [-0.2, -0.15) is 0 Å². The Balaban J connectivity index is 1.56. The molecule has 0 unspecified atom stereocenters. The van der Waals surface area contributed by atoms with E-state index in [1.807, 2.05) is 42.5 Å². The Morgan fingerprint density at radius 2 is 1.90 bits per heavy atom. The quantitative estimate of drug-likeness (QED) is 0.218. The van der Waals surface area contributed by atoms with Crippen molar-refractivity contribution < 1.29 is 9.53 Å². The highest BCUT2D eigenvalue weighted by molar-refractivity contribution is 7.99. The number of nitrogens with zero attached hydrogens (tertiary/aromatic N) is 2. The molecule has 2 heterocycles.